The van der Waals surface area contributed by atoms with Crippen LogP contribution in [0, 0.1) is 0 Å². The standard InChI is InChI=1S/C17H26N4O3S/c1-18-14-5-7-15(8-6-14)25(23,24)21-9-3-4-16(21)17(22)20-12-10-19(2)11-13-20/h5-8,16,18H,3-4,9-13H2,1-2H3/t16-/m0/s1. The van der Waals surface area contributed by atoms with Gasteiger partial charge in [0.05, 0.1) is 4.90 Å². The van der Waals surface area contributed by atoms with Crippen LogP contribution < -0.4 is 5.32 Å². The van der Waals surface area contributed by atoms with Crippen LogP contribution in [0.5, 0.6) is 0 Å². The van der Waals surface area contributed by atoms with Crippen LogP contribution in [0.15, 0.2) is 29.2 Å². The molecule has 0 aliphatic carbocycles. The van der Waals surface area contributed by atoms with Crippen LogP contribution >= 0.6 is 0 Å². The van der Waals surface area contributed by atoms with Crippen molar-refractivity contribution >= 4 is 21.6 Å². The van der Waals surface area contributed by atoms with E-state index >= 15 is 0 Å². The Kier molecular flexibility index (Phi) is 5.31. The van der Waals surface area contributed by atoms with Gasteiger partial charge in [-0.15, -0.1) is 0 Å². The van der Waals surface area contributed by atoms with Crippen molar-refractivity contribution < 1.29 is 13.2 Å². The Labute approximate surface area is 149 Å². The topological polar surface area (TPSA) is 73.0 Å². The largest absolute Gasteiger partial charge is 0.388 e. The number of nitrogens with zero attached hydrogens (tertiary/aromatic N) is 3. The molecule has 0 bridgehead atoms. The van der Waals surface area contributed by atoms with E-state index in [-0.39, 0.29) is 10.8 Å². The molecular weight excluding hydrogens is 340 g/mol. The zero-order valence-electron chi connectivity index (χ0n) is 14.8. The Balaban J connectivity index is 1.78. The zero-order chi connectivity index (χ0) is 18.0. The summed E-state index contributed by atoms with van der Waals surface area (Å²) >= 11 is 0. The Bertz CT molecular complexity index is 712. The van der Waals surface area contributed by atoms with Crippen LogP contribution in [0.25, 0.3) is 0 Å². The molecule has 2 aliphatic rings. The maximum atomic E-state index is 13.0. The molecule has 0 spiro atoms. The van der Waals surface area contributed by atoms with Crippen molar-refractivity contribution in [2.24, 2.45) is 0 Å². The summed E-state index contributed by atoms with van der Waals surface area (Å²) in [6, 6.07) is 6.09. The smallest absolute Gasteiger partial charge is 0.243 e. The Hall–Kier alpha value is -1.64. The summed E-state index contributed by atoms with van der Waals surface area (Å²) in [7, 11) is 0.157. The normalized spacial score (nSPS) is 23.0. The molecule has 2 saturated heterocycles. The molecule has 7 nitrogen and oxygen atoms in total. The number of amides is 1. The average Bonchev–Trinajstić information content (AvgIpc) is 3.12. The van der Waals surface area contributed by atoms with Gasteiger partial charge in [-0.05, 0) is 44.2 Å². The molecule has 0 aromatic heterocycles. The SMILES string of the molecule is CNc1ccc(S(=O)(=O)N2CCC[C@H]2C(=O)N2CCN(C)CC2)cc1. The molecule has 2 heterocycles. The summed E-state index contributed by atoms with van der Waals surface area (Å²) in [4.78, 5) is 17.1. The highest BCUT2D eigenvalue weighted by molar-refractivity contribution is 7.89. The Morgan fingerprint density at radius 2 is 1.72 bits per heavy atom. The van der Waals surface area contributed by atoms with Crippen LogP contribution in [0.4, 0.5) is 5.69 Å². The highest BCUT2D eigenvalue weighted by atomic mass is 32.2. The molecule has 0 unspecified atom stereocenters. The van der Waals surface area contributed by atoms with Gasteiger partial charge in [-0.3, -0.25) is 4.79 Å². The van der Waals surface area contributed by atoms with Crippen molar-refractivity contribution in [3.05, 3.63) is 24.3 Å². The number of rotatable bonds is 4. The molecule has 1 aromatic rings. The minimum Gasteiger partial charge on any atom is -0.388 e. The molecule has 1 amide bonds. The van der Waals surface area contributed by atoms with E-state index < -0.39 is 16.1 Å². The summed E-state index contributed by atoms with van der Waals surface area (Å²) in [5.41, 5.74) is 0.852. The quantitative estimate of drug-likeness (QED) is 0.847. The maximum absolute atomic E-state index is 13.0. The van der Waals surface area contributed by atoms with E-state index in [2.05, 4.69) is 10.2 Å². The second-order valence-corrected chi connectivity index (χ2v) is 8.57. The summed E-state index contributed by atoms with van der Waals surface area (Å²) < 4.78 is 27.4. The lowest BCUT2D eigenvalue weighted by molar-refractivity contribution is -0.136. The number of carbonyl (C=O) groups excluding carboxylic acids is 1. The minimum atomic E-state index is -3.66. The van der Waals surface area contributed by atoms with E-state index in [1.54, 1.807) is 31.3 Å². The first-order valence-electron chi connectivity index (χ1n) is 8.70. The van der Waals surface area contributed by atoms with Crippen molar-refractivity contribution in [1.82, 2.24) is 14.1 Å². The summed E-state index contributed by atoms with van der Waals surface area (Å²) in [6.45, 7) is 3.39. The van der Waals surface area contributed by atoms with Crippen molar-refractivity contribution in [2.75, 3.05) is 52.1 Å². The molecule has 8 heteroatoms. The molecule has 0 radical (unpaired) electrons. The van der Waals surface area contributed by atoms with Gasteiger partial charge in [0.1, 0.15) is 6.04 Å². The molecule has 3 rings (SSSR count). The van der Waals surface area contributed by atoms with Crippen molar-refractivity contribution in [3.63, 3.8) is 0 Å². The lowest BCUT2D eigenvalue weighted by atomic mass is 10.2. The number of likely N-dealkylation sites (N-methyl/N-ethyl adjacent to an activating group) is 1. The fourth-order valence-electron chi connectivity index (χ4n) is 3.44. The van der Waals surface area contributed by atoms with Crippen LogP contribution in [-0.2, 0) is 14.8 Å². The monoisotopic (exact) mass is 366 g/mol. The number of benzene rings is 1. The van der Waals surface area contributed by atoms with Gasteiger partial charge in [-0.1, -0.05) is 0 Å². The number of hydrogen-bond acceptors (Lipinski definition) is 5. The summed E-state index contributed by atoms with van der Waals surface area (Å²) in [5, 5.41) is 2.98. The molecule has 1 aromatic carbocycles. The van der Waals surface area contributed by atoms with Gasteiger partial charge in [-0.2, -0.15) is 4.31 Å². The summed E-state index contributed by atoms with van der Waals surface area (Å²) in [5.74, 6) is -0.0546. The highest BCUT2D eigenvalue weighted by Crippen LogP contribution is 2.28. The third-order valence-electron chi connectivity index (χ3n) is 5.05. The Morgan fingerprint density at radius 3 is 2.32 bits per heavy atom. The molecule has 1 N–H and O–H groups in total. The second-order valence-electron chi connectivity index (χ2n) is 6.68. The fourth-order valence-corrected chi connectivity index (χ4v) is 5.09. The third kappa shape index (κ3) is 3.65. The third-order valence-corrected chi connectivity index (χ3v) is 6.98. The highest BCUT2D eigenvalue weighted by Gasteiger charge is 2.41. The first-order chi connectivity index (χ1) is 11.9. The number of hydrogen-bond donors (Lipinski definition) is 1. The average molecular weight is 366 g/mol. The molecule has 2 aliphatic heterocycles. The molecular formula is C17H26N4O3S. The maximum Gasteiger partial charge on any atom is 0.243 e. The minimum absolute atomic E-state index is 0.0546. The number of anilines is 1. The van der Waals surface area contributed by atoms with E-state index in [1.807, 2.05) is 11.9 Å². The van der Waals surface area contributed by atoms with Gasteiger partial charge in [0.15, 0.2) is 0 Å². The van der Waals surface area contributed by atoms with Gasteiger partial charge in [-0.25, -0.2) is 8.42 Å². The number of nitrogens with one attached hydrogen (secondary N) is 1. The second kappa shape index (κ2) is 7.31. The van der Waals surface area contributed by atoms with Crippen LogP contribution in [0.2, 0.25) is 0 Å². The molecule has 25 heavy (non-hydrogen) atoms. The molecule has 0 saturated carbocycles. The molecule has 2 fully saturated rings. The van der Waals surface area contributed by atoms with E-state index in [9.17, 15) is 13.2 Å². The lowest BCUT2D eigenvalue weighted by Gasteiger charge is -2.35. The predicted octanol–water partition coefficient (Wildman–Crippen LogP) is 0.655. The van der Waals surface area contributed by atoms with Crippen LogP contribution in [0.1, 0.15) is 12.8 Å². The number of sulfonamides is 1. The first-order valence-corrected chi connectivity index (χ1v) is 10.1. The van der Waals surface area contributed by atoms with Gasteiger partial charge < -0.3 is 15.1 Å². The van der Waals surface area contributed by atoms with Gasteiger partial charge in [0, 0.05) is 45.5 Å². The van der Waals surface area contributed by atoms with E-state index in [1.165, 1.54) is 4.31 Å². The Morgan fingerprint density at radius 1 is 1.08 bits per heavy atom. The molecule has 1 atom stereocenters. The fraction of sp³-hybridized carbons (Fsp3) is 0.588. The van der Waals surface area contributed by atoms with E-state index in [0.29, 0.717) is 26.1 Å². The lowest BCUT2D eigenvalue weighted by Crippen LogP contribution is -2.53. The first kappa shape index (κ1) is 18.2. The van der Waals surface area contributed by atoms with Crippen molar-refractivity contribution in [1.29, 1.82) is 0 Å². The van der Waals surface area contributed by atoms with Crippen molar-refractivity contribution in [2.45, 2.75) is 23.8 Å². The number of piperazine rings is 1. The predicted molar refractivity (Wildman–Crippen MR) is 97.0 cm³/mol. The van der Waals surface area contributed by atoms with Crippen LogP contribution in [0.3, 0.4) is 0 Å². The van der Waals surface area contributed by atoms with Gasteiger partial charge in [0.25, 0.3) is 0 Å². The number of carbonyl (C=O) groups is 1. The zero-order valence-corrected chi connectivity index (χ0v) is 15.6. The molecule has 138 valence electrons. The van der Waals surface area contributed by atoms with Gasteiger partial charge in [0.2, 0.25) is 15.9 Å². The van der Waals surface area contributed by atoms with Gasteiger partial charge >= 0.3 is 0 Å². The van der Waals surface area contributed by atoms with Crippen molar-refractivity contribution in [3.8, 4) is 0 Å². The van der Waals surface area contributed by atoms with E-state index in [4.69, 9.17) is 0 Å². The van der Waals surface area contributed by atoms with E-state index in [0.717, 1.165) is 25.2 Å². The van der Waals surface area contributed by atoms with Crippen LogP contribution in [-0.4, -0.2) is 81.3 Å². The summed E-state index contributed by atoms with van der Waals surface area (Å²) in [6.07, 6.45) is 1.32.